The number of benzene rings is 2. The summed E-state index contributed by atoms with van der Waals surface area (Å²) in [5.74, 6) is 0.164. The van der Waals surface area contributed by atoms with E-state index in [2.05, 4.69) is 5.32 Å². The summed E-state index contributed by atoms with van der Waals surface area (Å²) in [6.07, 6.45) is 1.35. The number of carbonyl (C=O) groups is 2. The molecule has 0 bridgehead atoms. The van der Waals surface area contributed by atoms with Gasteiger partial charge in [0.1, 0.15) is 0 Å². The molecule has 0 saturated heterocycles. The van der Waals surface area contributed by atoms with Crippen LogP contribution in [-0.2, 0) is 22.4 Å². The predicted octanol–water partition coefficient (Wildman–Crippen LogP) is 2.55. The lowest BCUT2D eigenvalue weighted by Gasteiger charge is -2.17. The smallest absolute Gasteiger partial charge is 0.305 e. The molecule has 26 heavy (non-hydrogen) atoms. The molecular formula is C20H21NO5. The zero-order chi connectivity index (χ0) is 18.4. The molecule has 0 saturated carbocycles. The number of hydrogen-bond donors (Lipinski definition) is 2. The molecule has 1 heterocycles. The van der Waals surface area contributed by atoms with Crippen LogP contribution in [0.25, 0.3) is 0 Å². The lowest BCUT2D eigenvalue weighted by atomic mass is 10.0. The van der Waals surface area contributed by atoms with Crippen molar-refractivity contribution in [2.24, 2.45) is 0 Å². The molecule has 6 nitrogen and oxygen atoms in total. The van der Waals surface area contributed by atoms with E-state index < -0.39 is 12.0 Å². The first kappa shape index (κ1) is 17.8. The number of aryl methyl sites for hydroxylation is 1. The van der Waals surface area contributed by atoms with Gasteiger partial charge in [-0.3, -0.25) is 9.59 Å². The van der Waals surface area contributed by atoms with Crippen molar-refractivity contribution in [3.8, 4) is 11.5 Å². The fourth-order valence-electron chi connectivity index (χ4n) is 2.94. The molecule has 0 aliphatic carbocycles. The third-order valence-corrected chi connectivity index (χ3v) is 4.21. The van der Waals surface area contributed by atoms with Gasteiger partial charge < -0.3 is 19.9 Å². The van der Waals surface area contributed by atoms with Crippen molar-refractivity contribution in [1.29, 1.82) is 0 Å². The lowest BCUT2D eigenvalue weighted by Crippen LogP contribution is -2.37. The summed E-state index contributed by atoms with van der Waals surface area (Å²) in [5.41, 5.74) is 1.91. The molecule has 2 N–H and O–H groups in total. The van der Waals surface area contributed by atoms with Gasteiger partial charge in [0.25, 0.3) is 0 Å². The maximum Gasteiger partial charge on any atom is 0.305 e. The van der Waals surface area contributed by atoms with Gasteiger partial charge in [-0.1, -0.05) is 36.4 Å². The number of nitrogens with one attached hydrogen (secondary N) is 1. The molecule has 1 amide bonds. The third-order valence-electron chi connectivity index (χ3n) is 4.21. The molecule has 6 heteroatoms. The Balaban J connectivity index is 1.56. The van der Waals surface area contributed by atoms with Gasteiger partial charge in [0.05, 0.1) is 12.8 Å². The van der Waals surface area contributed by atoms with Gasteiger partial charge in [-0.2, -0.15) is 0 Å². The summed E-state index contributed by atoms with van der Waals surface area (Å²) in [7, 11) is 0. The van der Waals surface area contributed by atoms with Crippen LogP contribution in [0.2, 0.25) is 0 Å². The number of aliphatic carboxylic acids is 1. The van der Waals surface area contributed by atoms with Gasteiger partial charge >= 0.3 is 5.97 Å². The van der Waals surface area contributed by atoms with Crippen LogP contribution in [0.15, 0.2) is 48.5 Å². The van der Waals surface area contributed by atoms with Gasteiger partial charge in [0.2, 0.25) is 12.7 Å². The predicted molar refractivity (Wildman–Crippen MR) is 95.2 cm³/mol. The molecule has 0 spiro atoms. The average Bonchev–Trinajstić information content (AvgIpc) is 3.08. The second-order valence-electron chi connectivity index (χ2n) is 6.25. The largest absolute Gasteiger partial charge is 0.481 e. The molecule has 2 aromatic rings. The fraction of sp³-hybridized carbons (Fsp3) is 0.300. The lowest BCUT2D eigenvalue weighted by molar-refractivity contribution is -0.137. The fourth-order valence-corrected chi connectivity index (χ4v) is 2.94. The maximum atomic E-state index is 12.3. The van der Waals surface area contributed by atoms with Crippen LogP contribution in [0, 0.1) is 0 Å². The van der Waals surface area contributed by atoms with E-state index in [4.69, 9.17) is 14.6 Å². The minimum Gasteiger partial charge on any atom is -0.481 e. The number of rotatable bonds is 8. The standard InChI is InChI=1S/C20H21NO5/c22-19(11-15-7-9-17-18(10-15)26-13-25-17)21-16(12-20(23)24)8-6-14-4-2-1-3-5-14/h1-5,7,9-10,16H,6,8,11-13H2,(H,21,22)(H,23,24)/t16-/m1/s1. The highest BCUT2D eigenvalue weighted by molar-refractivity contribution is 5.80. The summed E-state index contributed by atoms with van der Waals surface area (Å²) in [5, 5.41) is 12.0. The zero-order valence-corrected chi connectivity index (χ0v) is 14.3. The molecule has 0 radical (unpaired) electrons. The number of hydrogen-bond acceptors (Lipinski definition) is 4. The Bertz CT molecular complexity index is 775. The summed E-state index contributed by atoms with van der Waals surface area (Å²) in [6, 6.07) is 14.8. The summed E-state index contributed by atoms with van der Waals surface area (Å²) in [6.45, 7) is 0.186. The van der Waals surface area contributed by atoms with Gasteiger partial charge in [0, 0.05) is 6.04 Å². The first-order valence-corrected chi connectivity index (χ1v) is 8.54. The van der Waals surface area contributed by atoms with Crippen LogP contribution in [0.1, 0.15) is 24.0 Å². The molecule has 1 aliphatic heterocycles. The summed E-state index contributed by atoms with van der Waals surface area (Å²) < 4.78 is 10.6. The normalized spacial score (nSPS) is 13.2. The molecule has 1 aliphatic rings. The Morgan fingerprint density at radius 1 is 1.04 bits per heavy atom. The van der Waals surface area contributed by atoms with E-state index in [1.54, 1.807) is 12.1 Å². The van der Waals surface area contributed by atoms with Gasteiger partial charge in [-0.15, -0.1) is 0 Å². The van der Waals surface area contributed by atoms with Crippen molar-refractivity contribution in [3.05, 3.63) is 59.7 Å². The van der Waals surface area contributed by atoms with Crippen LogP contribution in [0.5, 0.6) is 11.5 Å². The Morgan fingerprint density at radius 2 is 1.81 bits per heavy atom. The number of ether oxygens (including phenoxy) is 2. The van der Waals surface area contributed by atoms with Crippen LogP contribution in [0.4, 0.5) is 0 Å². The van der Waals surface area contributed by atoms with E-state index in [0.717, 1.165) is 11.1 Å². The van der Waals surface area contributed by atoms with E-state index in [1.807, 2.05) is 36.4 Å². The summed E-state index contributed by atoms with van der Waals surface area (Å²) in [4.78, 5) is 23.4. The van der Waals surface area contributed by atoms with Crippen LogP contribution < -0.4 is 14.8 Å². The Labute approximate surface area is 151 Å². The molecular weight excluding hydrogens is 334 g/mol. The molecule has 3 rings (SSSR count). The number of carbonyl (C=O) groups excluding carboxylic acids is 1. The number of amides is 1. The molecule has 1 atom stereocenters. The highest BCUT2D eigenvalue weighted by atomic mass is 16.7. The Kier molecular flexibility index (Phi) is 5.73. The monoisotopic (exact) mass is 355 g/mol. The zero-order valence-electron chi connectivity index (χ0n) is 14.3. The van der Waals surface area contributed by atoms with Crippen molar-refractivity contribution < 1.29 is 24.2 Å². The minimum absolute atomic E-state index is 0.0975. The summed E-state index contributed by atoms with van der Waals surface area (Å²) >= 11 is 0. The third kappa shape index (κ3) is 4.99. The van der Waals surface area contributed by atoms with Crippen molar-refractivity contribution in [3.63, 3.8) is 0 Å². The average molecular weight is 355 g/mol. The SMILES string of the molecule is O=C(O)C[C@@H](CCc1ccccc1)NC(=O)Cc1ccc2c(c1)OCO2. The molecule has 0 fully saturated rings. The second-order valence-corrected chi connectivity index (χ2v) is 6.25. The highest BCUT2D eigenvalue weighted by Crippen LogP contribution is 2.32. The second kappa shape index (κ2) is 8.38. The quantitative estimate of drug-likeness (QED) is 0.760. The van der Waals surface area contributed by atoms with E-state index in [-0.39, 0.29) is 25.5 Å². The Hall–Kier alpha value is -3.02. The van der Waals surface area contributed by atoms with E-state index >= 15 is 0 Å². The van der Waals surface area contributed by atoms with Crippen molar-refractivity contribution in [2.75, 3.05) is 6.79 Å². The van der Waals surface area contributed by atoms with Crippen LogP contribution in [-0.4, -0.2) is 29.8 Å². The van der Waals surface area contributed by atoms with E-state index in [1.165, 1.54) is 0 Å². The first-order valence-electron chi connectivity index (χ1n) is 8.54. The van der Waals surface area contributed by atoms with Crippen molar-refractivity contribution >= 4 is 11.9 Å². The molecule has 2 aromatic carbocycles. The van der Waals surface area contributed by atoms with Gasteiger partial charge in [-0.05, 0) is 36.1 Å². The number of fused-ring (bicyclic) bond motifs is 1. The van der Waals surface area contributed by atoms with Crippen molar-refractivity contribution in [1.82, 2.24) is 5.32 Å². The molecule has 0 aromatic heterocycles. The number of carboxylic acid groups (broad SMARTS) is 1. The van der Waals surface area contributed by atoms with Gasteiger partial charge in [-0.25, -0.2) is 0 Å². The van der Waals surface area contributed by atoms with E-state index in [0.29, 0.717) is 24.3 Å². The van der Waals surface area contributed by atoms with Crippen LogP contribution in [0.3, 0.4) is 0 Å². The highest BCUT2D eigenvalue weighted by Gasteiger charge is 2.18. The topological polar surface area (TPSA) is 84.9 Å². The van der Waals surface area contributed by atoms with E-state index in [9.17, 15) is 9.59 Å². The van der Waals surface area contributed by atoms with Crippen LogP contribution >= 0.6 is 0 Å². The maximum absolute atomic E-state index is 12.3. The number of carboxylic acids is 1. The minimum atomic E-state index is -0.925. The molecule has 136 valence electrons. The molecule has 0 unspecified atom stereocenters. The van der Waals surface area contributed by atoms with Gasteiger partial charge in [0.15, 0.2) is 11.5 Å². The first-order chi connectivity index (χ1) is 12.6. The Morgan fingerprint density at radius 3 is 2.58 bits per heavy atom. The van der Waals surface area contributed by atoms with Crippen molar-refractivity contribution in [2.45, 2.75) is 31.7 Å².